The minimum atomic E-state index is -0.436. The topological polar surface area (TPSA) is 51.2 Å². The first kappa shape index (κ1) is 17.3. The second kappa shape index (κ2) is 6.66. The molecule has 1 aliphatic heterocycles. The van der Waals surface area contributed by atoms with Gasteiger partial charge in [0, 0.05) is 24.5 Å². The van der Waals surface area contributed by atoms with Crippen molar-refractivity contribution in [3.8, 4) is 5.69 Å². The van der Waals surface area contributed by atoms with Gasteiger partial charge >= 0.3 is 0 Å². The number of rotatable bonds is 3. The van der Waals surface area contributed by atoms with Crippen molar-refractivity contribution in [1.29, 1.82) is 0 Å². The van der Waals surface area contributed by atoms with Crippen LogP contribution in [0.25, 0.3) is 11.3 Å². The lowest BCUT2D eigenvalue weighted by Gasteiger charge is -2.26. The summed E-state index contributed by atoms with van der Waals surface area (Å²) >= 11 is 3.39. The molecular weight excluding hydrogens is 430 g/mol. The van der Waals surface area contributed by atoms with Crippen molar-refractivity contribution in [2.45, 2.75) is 18.9 Å². The van der Waals surface area contributed by atoms with Crippen LogP contribution in [0.1, 0.15) is 24.4 Å². The number of hydrogen-bond acceptors (Lipinski definition) is 4. The number of anilines is 1. The van der Waals surface area contributed by atoms with Crippen molar-refractivity contribution < 1.29 is 8.78 Å². The van der Waals surface area contributed by atoms with E-state index in [0.717, 1.165) is 35.6 Å². The van der Waals surface area contributed by atoms with Gasteiger partial charge in [-0.2, -0.15) is 10.2 Å². The smallest absolute Gasteiger partial charge is 0.183 e. The van der Waals surface area contributed by atoms with Crippen LogP contribution in [0.4, 0.5) is 14.6 Å². The molecule has 6 nitrogen and oxygen atoms in total. The normalized spacial score (nSPS) is 17.0. The van der Waals surface area contributed by atoms with Gasteiger partial charge in [-0.3, -0.25) is 0 Å². The van der Waals surface area contributed by atoms with Crippen LogP contribution in [0.3, 0.4) is 0 Å². The molecule has 0 saturated carbocycles. The van der Waals surface area contributed by atoms with E-state index < -0.39 is 11.6 Å². The third kappa shape index (κ3) is 2.86. The lowest BCUT2D eigenvalue weighted by molar-refractivity contribution is 0.560. The highest BCUT2D eigenvalue weighted by atomic mass is 79.9. The Morgan fingerprint density at radius 2 is 2.00 bits per heavy atom. The number of fused-ring (bicyclic) bond motifs is 1. The predicted molar refractivity (Wildman–Crippen MR) is 103 cm³/mol. The van der Waals surface area contributed by atoms with E-state index >= 15 is 0 Å². The Morgan fingerprint density at radius 1 is 1.11 bits per heavy atom. The molecule has 9 heteroatoms. The monoisotopic (exact) mass is 444 g/mol. The van der Waals surface area contributed by atoms with Crippen LogP contribution in [0.2, 0.25) is 0 Å². The highest BCUT2D eigenvalue weighted by molar-refractivity contribution is 9.10. The Balaban J connectivity index is 1.57. The summed E-state index contributed by atoms with van der Waals surface area (Å²) in [4.78, 5) is 6.79. The molecule has 0 N–H and O–H groups in total. The zero-order valence-corrected chi connectivity index (χ0v) is 16.2. The van der Waals surface area contributed by atoms with E-state index in [-0.39, 0.29) is 6.04 Å². The fraction of sp³-hybridized carbons (Fsp3) is 0.211. The Morgan fingerprint density at radius 3 is 2.82 bits per heavy atom. The molecule has 0 aliphatic carbocycles. The van der Waals surface area contributed by atoms with E-state index in [0.29, 0.717) is 17.0 Å². The summed E-state index contributed by atoms with van der Waals surface area (Å²) in [6.45, 7) is 0.723. The standard InChI is InChI=1S/C19H15BrF2N6/c20-12-9-23-28(11-12)17-10-24-27-7-5-18(25-19(17)27)26-6-1-2-16(26)14-8-13(21)3-4-15(14)22/h3-5,7-11,16H,1-2,6H2. The maximum atomic E-state index is 14.4. The van der Waals surface area contributed by atoms with Crippen molar-refractivity contribution in [2.75, 3.05) is 11.4 Å². The minimum absolute atomic E-state index is 0.254. The SMILES string of the molecule is Fc1ccc(F)c(C2CCCN2c2ccn3ncc(-n4cc(Br)cn4)c3n2)c1. The molecule has 0 bridgehead atoms. The third-order valence-electron chi connectivity index (χ3n) is 5.00. The molecule has 1 fully saturated rings. The Bertz CT molecular complexity index is 1170. The van der Waals surface area contributed by atoms with E-state index in [4.69, 9.17) is 4.98 Å². The van der Waals surface area contributed by atoms with E-state index in [1.54, 1.807) is 21.6 Å². The maximum Gasteiger partial charge on any atom is 0.183 e. The third-order valence-corrected chi connectivity index (χ3v) is 5.41. The van der Waals surface area contributed by atoms with Gasteiger partial charge in [-0.15, -0.1) is 0 Å². The summed E-state index contributed by atoms with van der Waals surface area (Å²) in [5.41, 5.74) is 1.74. The molecule has 0 spiro atoms. The van der Waals surface area contributed by atoms with Crippen LogP contribution in [0.5, 0.6) is 0 Å². The van der Waals surface area contributed by atoms with E-state index in [1.165, 1.54) is 12.1 Å². The fourth-order valence-corrected chi connectivity index (χ4v) is 4.02. The van der Waals surface area contributed by atoms with Crippen molar-refractivity contribution in [2.24, 2.45) is 0 Å². The maximum absolute atomic E-state index is 14.4. The predicted octanol–water partition coefficient (Wildman–Crippen LogP) is 4.30. The summed E-state index contributed by atoms with van der Waals surface area (Å²) in [7, 11) is 0. The largest absolute Gasteiger partial charge is 0.349 e. The highest BCUT2D eigenvalue weighted by Crippen LogP contribution is 2.37. The van der Waals surface area contributed by atoms with Gasteiger partial charge in [0.15, 0.2) is 5.65 Å². The summed E-state index contributed by atoms with van der Waals surface area (Å²) in [6.07, 6.45) is 8.65. The van der Waals surface area contributed by atoms with Crippen LogP contribution < -0.4 is 4.90 Å². The Labute approximate surface area is 167 Å². The van der Waals surface area contributed by atoms with E-state index in [9.17, 15) is 8.78 Å². The molecule has 1 atom stereocenters. The number of benzene rings is 1. The molecule has 0 radical (unpaired) electrons. The van der Waals surface area contributed by atoms with Gasteiger partial charge in [-0.1, -0.05) is 0 Å². The lowest BCUT2D eigenvalue weighted by atomic mass is 10.0. The molecule has 1 unspecified atom stereocenters. The van der Waals surface area contributed by atoms with Crippen molar-refractivity contribution >= 4 is 27.4 Å². The molecule has 3 aromatic heterocycles. The van der Waals surface area contributed by atoms with Crippen LogP contribution in [-0.2, 0) is 0 Å². The highest BCUT2D eigenvalue weighted by Gasteiger charge is 2.30. The summed E-state index contributed by atoms with van der Waals surface area (Å²) in [6, 6.07) is 5.20. The van der Waals surface area contributed by atoms with Gasteiger partial charge in [0.1, 0.15) is 23.1 Å². The number of aromatic nitrogens is 5. The first-order valence-electron chi connectivity index (χ1n) is 8.87. The number of hydrogen-bond donors (Lipinski definition) is 0. The first-order valence-corrected chi connectivity index (χ1v) is 9.66. The first-order chi connectivity index (χ1) is 13.6. The molecule has 1 aliphatic rings. The van der Waals surface area contributed by atoms with Gasteiger partial charge in [-0.05, 0) is 53.0 Å². The lowest BCUT2D eigenvalue weighted by Crippen LogP contribution is -2.24. The average molecular weight is 445 g/mol. The van der Waals surface area contributed by atoms with Crippen molar-refractivity contribution in [3.63, 3.8) is 0 Å². The molecule has 28 heavy (non-hydrogen) atoms. The van der Waals surface area contributed by atoms with Gasteiger partial charge in [0.2, 0.25) is 0 Å². The summed E-state index contributed by atoms with van der Waals surface area (Å²) in [5.74, 6) is -0.133. The second-order valence-corrected chi connectivity index (χ2v) is 7.62. The van der Waals surface area contributed by atoms with Crippen molar-refractivity contribution in [3.05, 3.63) is 70.7 Å². The average Bonchev–Trinajstić information content (AvgIpc) is 3.42. The number of halogens is 3. The van der Waals surface area contributed by atoms with Crippen LogP contribution >= 0.6 is 15.9 Å². The van der Waals surface area contributed by atoms with Gasteiger partial charge in [-0.25, -0.2) is 23.0 Å². The zero-order valence-electron chi connectivity index (χ0n) is 14.6. The molecule has 142 valence electrons. The molecule has 1 saturated heterocycles. The Hall–Kier alpha value is -2.81. The van der Waals surface area contributed by atoms with Crippen LogP contribution in [0, 0.1) is 11.6 Å². The molecule has 0 amide bonds. The van der Waals surface area contributed by atoms with Gasteiger partial charge in [0.25, 0.3) is 0 Å². The fourth-order valence-electron chi connectivity index (χ4n) is 3.74. The molecule has 4 heterocycles. The summed E-state index contributed by atoms with van der Waals surface area (Å²) < 4.78 is 32.3. The molecular formula is C19H15BrF2N6. The summed E-state index contributed by atoms with van der Waals surface area (Å²) in [5, 5.41) is 8.62. The van der Waals surface area contributed by atoms with E-state index in [1.807, 2.05) is 23.4 Å². The van der Waals surface area contributed by atoms with Gasteiger partial charge in [0.05, 0.1) is 22.9 Å². The quantitative estimate of drug-likeness (QED) is 0.472. The van der Waals surface area contributed by atoms with Gasteiger partial charge < -0.3 is 4.90 Å². The molecule has 4 aromatic rings. The number of nitrogens with zero attached hydrogens (tertiary/aromatic N) is 6. The van der Waals surface area contributed by atoms with E-state index in [2.05, 4.69) is 26.1 Å². The van der Waals surface area contributed by atoms with Crippen LogP contribution in [-0.4, -0.2) is 30.9 Å². The minimum Gasteiger partial charge on any atom is -0.349 e. The Kier molecular flexibility index (Phi) is 4.12. The second-order valence-electron chi connectivity index (χ2n) is 6.70. The molecule has 5 rings (SSSR count). The zero-order chi connectivity index (χ0) is 19.3. The van der Waals surface area contributed by atoms with Crippen LogP contribution in [0.15, 0.2) is 53.5 Å². The van der Waals surface area contributed by atoms with Crippen molar-refractivity contribution in [1.82, 2.24) is 24.4 Å². The molecule has 1 aromatic carbocycles.